The minimum absolute atomic E-state index is 0.104. The van der Waals surface area contributed by atoms with Crippen LogP contribution in [0.15, 0.2) is 72.3 Å². The molecule has 0 saturated heterocycles. The Kier molecular flexibility index (Phi) is 5.56. The summed E-state index contributed by atoms with van der Waals surface area (Å²) in [6.07, 6.45) is 4.65. The van der Waals surface area contributed by atoms with Gasteiger partial charge in [0.05, 0.1) is 16.1 Å². The summed E-state index contributed by atoms with van der Waals surface area (Å²) in [5, 5.41) is 2.83. The monoisotopic (exact) mass is 459 g/mol. The zero-order valence-corrected chi connectivity index (χ0v) is 18.9. The van der Waals surface area contributed by atoms with E-state index in [-0.39, 0.29) is 17.6 Å². The summed E-state index contributed by atoms with van der Waals surface area (Å²) in [7, 11) is 1.70. The van der Waals surface area contributed by atoms with Crippen LogP contribution in [0.25, 0.3) is 16.5 Å². The van der Waals surface area contributed by atoms with Gasteiger partial charge in [-0.25, -0.2) is 4.39 Å². The van der Waals surface area contributed by atoms with Gasteiger partial charge in [-0.15, -0.1) is 11.3 Å². The summed E-state index contributed by atoms with van der Waals surface area (Å²) < 4.78 is 13.5. The molecule has 1 N–H and O–H groups in total. The van der Waals surface area contributed by atoms with Crippen molar-refractivity contribution in [2.24, 2.45) is 0 Å². The van der Waals surface area contributed by atoms with Crippen LogP contribution in [0.2, 0.25) is 0 Å². The number of amides is 2. The predicted molar refractivity (Wildman–Crippen MR) is 130 cm³/mol. The molecule has 2 amide bonds. The van der Waals surface area contributed by atoms with Crippen LogP contribution in [-0.4, -0.2) is 41.8 Å². The number of rotatable bonds is 4. The molecule has 3 heterocycles. The Labute approximate surface area is 194 Å². The molecule has 7 heteroatoms. The molecule has 2 aromatic carbocycles. The highest BCUT2D eigenvalue weighted by Gasteiger charge is 2.25. The van der Waals surface area contributed by atoms with Gasteiger partial charge >= 0.3 is 0 Å². The highest BCUT2D eigenvalue weighted by Crippen LogP contribution is 2.31. The number of hydrogen-bond donors (Lipinski definition) is 1. The fourth-order valence-electron chi connectivity index (χ4n) is 4.25. The Bertz CT molecular complexity index is 1370. The number of anilines is 1. The third-order valence-corrected chi connectivity index (χ3v) is 6.88. The van der Waals surface area contributed by atoms with E-state index in [1.165, 1.54) is 28.4 Å². The van der Waals surface area contributed by atoms with Gasteiger partial charge < -0.3 is 14.8 Å². The number of H-pyrrole nitrogens is 1. The number of carbonyl (C=O) groups is 2. The lowest BCUT2D eigenvalue weighted by molar-refractivity contribution is 0.0773. The Morgan fingerprint density at radius 1 is 1.12 bits per heavy atom. The van der Waals surface area contributed by atoms with Crippen LogP contribution in [0.3, 0.4) is 0 Å². The highest BCUT2D eigenvalue weighted by molar-refractivity contribution is 7.12. The van der Waals surface area contributed by atoms with E-state index in [1.54, 1.807) is 36.2 Å². The number of fused-ring (bicyclic) bond motifs is 1. The first kappa shape index (κ1) is 21.2. The smallest absolute Gasteiger partial charge is 0.268 e. The van der Waals surface area contributed by atoms with E-state index in [0.29, 0.717) is 35.6 Å². The number of nitrogens with one attached hydrogen (secondary N) is 1. The number of halogens is 1. The third-order valence-electron chi connectivity index (χ3n) is 6.02. The van der Waals surface area contributed by atoms with Crippen LogP contribution < -0.4 is 4.90 Å². The normalized spacial score (nSPS) is 13.8. The molecule has 0 radical (unpaired) electrons. The van der Waals surface area contributed by atoms with Crippen LogP contribution in [-0.2, 0) is 0 Å². The van der Waals surface area contributed by atoms with E-state index < -0.39 is 0 Å². The zero-order chi connectivity index (χ0) is 22.9. The SMILES string of the molecule is CN(C(=O)c1cccs1)c1ccccc1C(=O)N1CC=C(c2c[nH]c3cc(F)ccc23)CC1. The van der Waals surface area contributed by atoms with Crippen LogP contribution in [0, 0.1) is 5.82 Å². The maximum atomic E-state index is 13.5. The van der Waals surface area contributed by atoms with E-state index in [2.05, 4.69) is 11.1 Å². The average Bonchev–Trinajstić information content (AvgIpc) is 3.53. The number of benzene rings is 2. The molecule has 0 bridgehead atoms. The maximum absolute atomic E-state index is 13.5. The molecule has 1 aliphatic heterocycles. The summed E-state index contributed by atoms with van der Waals surface area (Å²) in [6.45, 7) is 1.04. The molecule has 166 valence electrons. The second kappa shape index (κ2) is 8.67. The quantitative estimate of drug-likeness (QED) is 0.434. The van der Waals surface area contributed by atoms with Crippen molar-refractivity contribution in [3.05, 3.63) is 94.1 Å². The molecule has 0 spiro atoms. The first-order valence-electron chi connectivity index (χ1n) is 10.7. The van der Waals surface area contributed by atoms with Gasteiger partial charge in [0.15, 0.2) is 0 Å². The van der Waals surface area contributed by atoms with Gasteiger partial charge in [-0.1, -0.05) is 24.3 Å². The molecule has 0 atom stereocenters. The molecule has 0 saturated carbocycles. The van der Waals surface area contributed by atoms with Gasteiger partial charge in [0, 0.05) is 42.8 Å². The van der Waals surface area contributed by atoms with Crippen LogP contribution in [0.4, 0.5) is 10.1 Å². The molecule has 1 aliphatic rings. The van der Waals surface area contributed by atoms with E-state index in [0.717, 1.165) is 22.0 Å². The second-order valence-corrected chi connectivity index (χ2v) is 8.93. The number of carbonyl (C=O) groups excluding carboxylic acids is 2. The molecule has 4 aromatic rings. The van der Waals surface area contributed by atoms with E-state index in [1.807, 2.05) is 29.8 Å². The van der Waals surface area contributed by atoms with Crippen molar-refractivity contribution in [2.45, 2.75) is 6.42 Å². The Hall–Kier alpha value is -3.71. The van der Waals surface area contributed by atoms with Crippen molar-refractivity contribution in [1.82, 2.24) is 9.88 Å². The summed E-state index contributed by atoms with van der Waals surface area (Å²) in [5.74, 6) is -0.513. The van der Waals surface area contributed by atoms with Gasteiger partial charge in [0.25, 0.3) is 11.8 Å². The van der Waals surface area contributed by atoms with Crippen LogP contribution in [0.5, 0.6) is 0 Å². The second-order valence-electron chi connectivity index (χ2n) is 7.98. The number of hydrogen-bond acceptors (Lipinski definition) is 3. The van der Waals surface area contributed by atoms with E-state index >= 15 is 0 Å². The minimum Gasteiger partial charge on any atom is -0.360 e. The fourth-order valence-corrected chi connectivity index (χ4v) is 4.95. The molecular formula is C26H22FN3O2S. The Morgan fingerprint density at radius 3 is 2.73 bits per heavy atom. The highest BCUT2D eigenvalue weighted by atomic mass is 32.1. The first-order chi connectivity index (χ1) is 16.0. The molecular weight excluding hydrogens is 437 g/mol. The number of aromatic amines is 1. The number of aromatic nitrogens is 1. The third kappa shape index (κ3) is 3.96. The van der Waals surface area contributed by atoms with Gasteiger partial charge in [-0.2, -0.15) is 0 Å². The van der Waals surface area contributed by atoms with Gasteiger partial charge in [0.1, 0.15) is 5.82 Å². The van der Waals surface area contributed by atoms with E-state index in [4.69, 9.17) is 0 Å². The first-order valence-corrected chi connectivity index (χ1v) is 11.6. The van der Waals surface area contributed by atoms with Crippen molar-refractivity contribution in [3.63, 3.8) is 0 Å². The molecule has 5 rings (SSSR count). The van der Waals surface area contributed by atoms with E-state index in [9.17, 15) is 14.0 Å². The molecule has 0 aliphatic carbocycles. The number of para-hydroxylation sites is 1. The lowest BCUT2D eigenvalue weighted by Gasteiger charge is -2.28. The van der Waals surface area contributed by atoms with Gasteiger partial charge in [-0.05, 0) is 53.8 Å². The summed E-state index contributed by atoms with van der Waals surface area (Å²) in [6, 6.07) is 15.6. The Morgan fingerprint density at radius 2 is 1.97 bits per heavy atom. The van der Waals surface area contributed by atoms with Crippen molar-refractivity contribution >= 4 is 45.3 Å². The lowest BCUT2D eigenvalue weighted by atomic mass is 9.98. The van der Waals surface area contributed by atoms with Crippen molar-refractivity contribution in [3.8, 4) is 0 Å². The zero-order valence-electron chi connectivity index (χ0n) is 18.0. The minimum atomic E-state index is -0.272. The van der Waals surface area contributed by atoms with Crippen LogP contribution in [0.1, 0.15) is 32.0 Å². The lowest BCUT2D eigenvalue weighted by Crippen LogP contribution is -2.36. The van der Waals surface area contributed by atoms with Crippen LogP contribution >= 0.6 is 11.3 Å². The molecule has 5 nitrogen and oxygen atoms in total. The largest absolute Gasteiger partial charge is 0.360 e. The fraction of sp³-hybridized carbons (Fsp3) is 0.154. The predicted octanol–water partition coefficient (Wildman–Crippen LogP) is 5.57. The molecule has 2 aromatic heterocycles. The number of thiophene rings is 1. The molecule has 0 unspecified atom stereocenters. The maximum Gasteiger partial charge on any atom is 0.268 e. The van der Waals surface area contributed by atoms with Gasteiger partial charge in [-0.3, -0.25) is 9.59 Å². The summed E-state index contributed by atoms with van der Waals surface area (Å²) >= 11 is 1.38. The van der Waals surface area contributed by atoms with Gasteiger partial charge in [0.2, 0.25) is 0 Å². The number of nitrogens with zero attached hydrogens (tertiary/aromatic N) is 2. The Balaban J connectivity index is 1.37. The molecule has 0 fully saturated rings. The van der Waals surface area contributed by atoms with Crippen molar-refractivity contribution < 1.29 is 14.0 Å². The average molecular weight is 460 g/mol. The molecule has 33 heavy (non-hydrogen) atoms. The standard InChI is InChI=1S/C26H22FN3O2S/c1-29(26(32)24-7-4-14-33-24)23-6-3-2-5-20(23)25(31)30-12-10-17(11-13-30)21-16-28-22-15-18(27)8-9-19(21)22/h2-10,14-16,28H,11-13H2,1H3. The van der Waals surface area contributed by atoms with Crippen molar-refractivity contribution in [1.29, 1.82) is 0 Å². The van der Waals surface area contributed by atoms with Crippen molar-refractivity contribution in [2.75, 3.05) is 25.0 Å². The topological polar surface area (TPSA) is 56.4 Å². The summed E-state index contributed by atoms with van der Waals surface area (Å²) in [4.78, 5) is 33.3. The summed E-state index contributed by atoms with van der Waals surface area (Å²) in [5.41, 5.74) is 4.03.